The van der Waals surface area contributed by atoms with E-state index >= 15 is 0 Å². The molecule has 5 heteroatoms. The molecule has 2 N–H and O–H groups in total. The average Bonchev–Trinajstić information content (AvgIpc) is 2.25. The molecule has 1 aromatic rings. The Balaban J connectivity index is 2.96. The summed E-state index contributed by atoms with van der Waals surface area (Å²) in [5.41, 5.74) is 0.0292. The summed E-state index contributed by atoms with van der Waals surface area (Å²) in [5.74, 6) is -0.369. The molecule has 0 saturated heterocycles. The van der Waals surface area contributed by atoms with E-state index < -0.39 is 17.7 Å². The maximum atomic E-state index is 13.1. The molecule has 0 fully saturated rings. The Morgan fingerprint density at radius 2 is 2.05 bits per heavy atom. The van der Waals surface area contributed by atoms with Gasteiger partial charge in [-0.2, -0.15) is 0 Å². The maximum Gasteiger partial charge on any atom is 0.408 e. The van der Waals surface area contributed by atoms with Crippen LogP contribution in [-0.2, 0) is 6.42 Å². The number of carboxylic acid groups (broad SMARTS) is 1. The Hall–Kier alpha value is -1.62. The molecule has 0 heterocycles. The smallest absolute Gasteiger partial charge is 0.408 e. The number of hydrogen-bond donors (Lipinski definition) is 2. The van der Waals surface area contributed by atoms with Crippen molar-refractivity contribution >= 4 is 6.09 Å². The summed E-state index contributed by atoms with van der Waals surface area (Å²) in [5, 5.41) is 18.7. The van der Waals surface area contributed by atoms with Gasteiger partial charge in [0.15, 0.2) is 0 Å². The van der Waals surface area contributed by atoms with Crippen LogP contribution in [0.25, 0.3) is 0 Å². The number of rotatable bonds is 4. The predicted octanol–water partition coefficient (Wildman–Crippen LogP) is 2.51. The highest BCUT2D eigenvalue weighted by Crippen LogP contribution is 2.20. The first-order valence-electron chi connectivity index (χ1n) is 6.13. The van der Waals surface area contributed by atoms with Gasteiger partial charge in [0.25, 0.3) is 0 Å². The van der Waals surface area contributed by atoms with Crippen LogP contribution in [0.3, 0.4) is 0 Å². The molecule has 0 radical (unpaired) electrons. The van der Waals surface area contributed by atoms with Crippen molar-refractivity contribution in [1.82, 2.24) is 4.90 Å². The van der Waals surface area contributed by atoms with Crippen molar-refractivity contribution in [2.24, 2.45) is 0 Å². The van der Waals surface area contributed by atoms with Crippen LogP contribution in [0.1, 0.15) is 26.3 Å². The van der Waals surface area contributed by atoms with E-state index in [-0.39, 0.29) is 18.8 Å². The fraction of sp³-hybridized carbons (Fsp3) is 0.500. The Morgan fingerprint density at radius 3 is 2.47 bits per heavy atom. The van der Waals surface area contributed by atoms with Gasteiger partial charge in [-0.25, -0.2) is 9.18 Å². The molecule has 0 unspecified atom stereocenters. The number of aliphatic hydroxyl groups is 1. The predicted molar refractivity (Wildman–Crippen MR) is 70.6 cm³/mol. The second-order valence-corrected chi connectivity index (χ2v) is 5.49. The second kappa shape index (κ2) is 6.02. The number of halogens is 1. The molecule has 0 aliphatic carbocycles. The molecule has 19 heavy (non-hydrogen) atoms. The zero-order valence-corrected chi connectivity index (χ0v) is 11.4. The molecule has 106 valence electrons. The quantitative estimate of drug-likeness (QED) is 0.883. The van der Waals surface area contributed by atoms with Gasteiger partial charge < -0.3 is 10.2 Å². The van der Waals surface area contributed by atoms with Gasteiger partial charge in [-0.15, -0.1) is 0 Å². The zero-order valence-electron chi connectivity index (χ0n) is 11.4. The summed E-state index contributed by atoms with van der Waals surface area (Å²) >= 11 is 0. The molecule has 1 atom stereocenters. The third-order valence-corrected chi connectivity index (χ3v) is 2.87. The standard InChI is InChI=1S/C14H20FNO3/c1-14(2,3)16(13(18)19)12(9-17)8-10-5-4-6-11(15)7-10/h4-7,12,17H,8-9H2,1-3H3,(H,18,19)/t12-/m0/s1. The van der Waals surface area contributed by atoms with Crippen LogP contribution in [0.5, 0.6) is 0 Å². The number of aliphatic hydroxyl groups excluding tert-OH is 1. The first-order valence-corrected chi connectivity index (χ1v) is 6.13. The van der Waals surface area contributed by atoms with E-state index in [9.17, 15) is 19.4 Å². The molecule has 1 rings (SSSR count). The van der Waals surface area contributed by atoms with Gasteiger partial charge in [0, 0.05) is 5.54 Å². The lowest BCUT2D eigenvalue weighted by Crippen LogP contribution is -2.53. The zero-order chi connectivity index (χ0) is 14.6. The van der Waals surface area contributed by atoms with Crippen LogP contribution in [0, 0.1) is 5.82 Å². The SMILES string of the molecule is CC(C)(C)N(C(=O)O)[C@H](CO)Cc1cccc(F)c1. The van der Waals surface area contributed by atoms with Crippen molar-refractivity contribution in [3.8, 4) is 0 Å². The third kappa shape index (κ3) is 4.21. The molecular formula is C14H20FNO3. The molecule has 0 aromatic heterocycles. The third-order valence-electron chi connectivity index (χ3n) is 2.87. The van der Waals surface area contributed by atoms with Crippen LogP contribution in [0.15, 0.2) is 24.3 Å². The molecule has 0 aliphatic rings. The average molecular weight is 269 g/mol. The molecule has 0 saturated carbocycles. The summed E-state index contributed by atoms with van der Waals surface area (Å²) in [4.78, 5) is 12.6. The maximum absolute atomic E-state index is 13.1. The van der Waals surface area contributed by atoms with Crippen LogP contribution in [0.4, 0.5) is 9.18 Å². The van der Waals surface area contributed by atoms with E-state index in [2.05, 4.69) is 0 Å². The minimum Gasteiger partial charge on any atom is -0.465 e. The molecule has 1 aromatic carbocycles. The van der Waals surface area contributed by atoms with Gasteiger partial charge in [0.2, 0.25) is 0 Å². The topological polar surface area (TPSA) is 60.8 Å². The summed E-state index contributed by atoms with van der Waals surface area (Å²) in [6, 6.07) is 5.37. The number of carbonyl (C=O) groups is 1. The molecule has 1 amide bonds. The molecule has 4 nitrogen and oxygen atoms in total. The van der Waals surface area contributed by atoms with Crippen molar-refractivity contribution in [1.29, 1.82) is 0 Å². The fourth-order valence-electron chi connectivity index (χ4n) is 2.16. The lowest BCUT2D eigenvalue weighted by Gasteiger charge is -2.39. The first kappa shape index (κ1) is 15.4. The largest absolute Gasteiger partial charge is 0.465 e. The van der Waals surface area contributed by atoms with Gasteiger partial charge in [-0.1, -0.05) is 12.1 Å². The number of hydrogen-bond acceptors (Lipinski definition) is 2. The summed E-state index contributed by atoms with van der Waals surface area (Å²) < 4.78 is 13.1. The Labute approximate surface area is 112 Å². The molecule has 0 bridgehead atoms. The summed E-state index contributed by atoms with van der Waals surface area (Å²) in [6.45, 7) is 4.97. The lowest BCUT2D eigenvalue weighted by molar-refractivity contribution is 0.0465. The first-order chi connectivity index (χ1) is 8.75. The van der Waals surface area contributed by atoms with E-state index in [1.54, 1.807) is 32.9 Å². The molecule has 0 spiro atoms. The number of amides is 1. The van der Waals surface area contributed by atoms with E-state index in [1.165, 1.54) is 17.0 Å². The number of nitrogens with zero attached hydrogens (tertiary/aromatic N) is 1. The Morgan fingerprint density at radius 1 is 1.42 bits per heavy atom. The van der Waals surface area contributed by atoms with Crippen molar-refractivity contribution in [2.75, 3.05) is 6.61 Å². The monoisotopic (exact) mass is 269 g/mol. The van der Waals surface area contributed by atoms with Crippen LogP contribution in [0.2, 0.25) is 0 Å². The van der Waals surface area contributed by atoms with E-state index in [0.717, 1.165) is 0 Å². The van der Waals surface area contributed by atoms with Crippen molar-refractivity contribution in [2.45, 2.75) is 38.8 Å². The van der Waals surface area contributed by atoms with E-state index in [4.69, 9.17) is 0 Å². The highest BCUT2D eigenvalue weighted by Gasteiger charge is 2.32. The minimum absolute atomic E-state index is 0.276. The molecular weight excluding hydrogens is 249 g/mol. The van der Waals surface area contributed by atoms with Gasteiger partial charge in [-0.3, -0.25) is 4.90 Å². The van der Waals surface area contributed by atoms with E-state index in [0.29, 0.717) is 5.56 Å². The van der Waals surface area contributed by atoms with Crippen LogP contribution < -0.4 is 0 Å². The minimum atomic E-state index is -1.09. The van der Waals surface area contributed by atoms with Gasteiger partial charge in [-0.05, 0) is 44.9 Å². The van der Waals surface area contributed by atoms with Crippen molar-refractivity contribution in [3.05, 3.63) is 35.6 Å². The lowest BCUT2D eigenvalue weighted by atomic mass is 9.99. The number of benzene rings is 1. The Kier molecular flexibility index (Phi) is 4.89. The van der Waals surface area contributed by atoms with Crippen molar-refractivity contribution < 1.29 is 19.4 Å². The van der Waals surface area contributed by atoms with Crippen LogP contribution >= 0.6 is 0 Å². The Bertz CT molecular complexity index is 443. The summed E-state index contributed by atoms with van der Waals surface area (Å²) in [7, 11) is 0. The van der Waals surface area contributed by atoms with Crippen molar-refractivity contribution in [3.63, 3.8) is 0 Å². The van der Waals surface area contributed by atoms with E-state index in [1.807, 2.05) is 0 Å². The fourth-order valence-corrected chi connectivity index (χ4v) is 2.16. The van der Waals surface area contributed by atoms with Gasteiger partial charge in [0.05, 0.1) is 12.6 Å². The van der Waals surface area contributed by atoms with Gasteiger partial charge in [0.1, 0.15) is 5.82 Å². The second-order valence-electron chi connectivity index (χ2n) is 5.49. The van der Waals surface area contributed by atoms with Gasteiger partial charge >= 0.3 is 6.09 Å². The highest BCUT2D eigenvalue weighted by molar-refractivity contribution is 5.66. The summed E-state index contributed by atoms with van der Waals surface area (Å²) in [6.07, 6.45) is -0.819. The highest BCUT2D eigenvalue weighted by atomic mass is 19.1. The van der Waals surface area contributed by atoms with Crippen LogP contribution in [-0.4, -0.2) is 39.4 Å². The normalized spacial score (nSPS) is 13.1. The molecule has 0 aliphatic heterocycles.